The van der Waals surface area contributed by atoms with E-state index in [-0.39, 0.29) is 23.9 Å². The summed E-state index contributed by atoms with van der Waals surface area (Å²) in [5.74, 6) is 0.700. The molecule has 2 heterocycles. The molecule has 2 saturated heterocycles. The number of alkyl halides is 1. The summed E-state index contributed by atoms with van der Waals surface area (Å²) >= 11 is 0. The SMILES string of the molecule is O=C(NC1CNN(CC2CCCCC2)C1)C1CC(C2CCCCC2F)NO1. The Hall–Kier alpha value is -0.760. The van der Waals surface area contributed by atoms with E-state index in [1.54, 1.807) is 0 Å². The predicted molar refractivity (Wildman–Crippen MR) is 101 cm³/mol. The minimum atomic E-state index is -0.769. The summed E-state index contributed by atoms with van der Waals surface area (Å²) in [5, 5.41) is 5.39. The van der Waals surface area contributed by atoms with Crippen LogP contribution in [0.1, 0.15) is 64.2 Å². The van der Waals surface area contributed by atoms with Crippen LogP contribution in [0.3, 0.4) is 0 Å². The Morgan fingerprint density at radius 3 is 2.70 bits per heavy atom. The lowest BCUT2D eigenvalue weighted by atomic mass is 9.81. The summed E-state index contributed by atoms with van der Waals surface area (Å²) in [6.07, 6.45) is 9.62. The van der Waals surface area contributed by atoms with Gasteiger partial charge in [0.1, 0.15) is 6.17 Å². The standard InChI is InChI=1S/C20H35FN4O2/c21-17-9-5-4-8-16(17)18-10-19(27-24-18)20(26)23-15-11-22-25(13-15)12-14-6-2-1-3-7-14/h14-19,22,24H,1-13H2,(H,23,26). The molecule has 1 amide bonds. The average molecular weight is 383 g/mol. The highest BCUT2D eigenvalue weighted by Gasteiger charge is 2.40. The van der Waals surface area contributed by atoms with Gasteiger partial charge in [0.15, 0.2) is 6.10 Å². The topological polar surface area (TPSA) is 65.6 Å². The van der Waals surface area contributed by atoms with E-state index in [4.69, 9.17) is 4.84 Å². The van der Waals surface area contributed by atoms with Gasteiger partial charge in [-0.25, -0.2) is 9.40 Å². The summed E-state index contributed by atoms with van der Waals surface area (Å²) in [5.41, 5.74) is 6.38. The molecule has 7 heteroatoms. The average Bonchev–Trinajstić information content (AvgIpc) is 3.33. The molecule has 4 rings (SSSR count). The maximum absolute atomic E-state index is 14.2. The fourth-order valence-electron chi connectivity index (χ4n) is 5.33. The minimum Gasteiger partial charge on any atom is -0.348 e. The summed E-state index contributed by atoms with van der Waals surface area (Å²) < 4.78 is 14.2. The van der Waals surface area contributed by atoms with Gasteiger partial charge >= 0.3 is 0 Å². The monoisotopic (exact) mass is 382 g/mol. The zero-order chi connectivity index (χ0) is 18.6. The molecule has 2 aliphatic heterocycles. The molecule has 0 aromatic heterocycles. The number of nitrogens with one attached hydrogen (secondary N) is 3. The van der Waals surface area contributed by atoms with Crippen molar-refractivity contribution in [2.24, 2.45) is 11.8 Å². The molecule has 0 spiro atoms. The maximum Gasteiger partial charge on any atom is 0.251 e. The van der Waals surface area contributed by atoms with Crippen LogP contribution < -0.4 is 16.2 Å². The number of carbonyl (C=O) groups excluding carboxylic acids is 1. The fourth-order valence-corrected chi connectivity index (χ4v) is 5.33. The van der Waals surface area contributed by atoms with Crippen molar-refractivity contribution in [1.29, 1.82) is 0 Å². The quantitative estimate of drug-likeness (QED) is 0.679. The van der Waals surface area contributed by atoms with Crippen LogP contribution in [-0.2, 0) is 9.63 Å². The summed E-state index contributed by atoms with van der Waals surface area (Å²) in [4.78, 5) is 18.1. The molecule has 3 N–H and O–H groups in total. The molecular formula is C20H35FN4O2. The van der Waals surface area contributed by atoms with Crippen molar-refractivity contribution in [3.63, 3.8) is 0 Å². The lowest BCUT2D eigenvalue weighted by Gasteiger charge is -2.29. The van der Waals surface area contributed by atoms with Gasteiger partial charge in [-0.15, -0.1) is 0 Å². The van der Waals surface area contributed by atoms with Crippen LogP contribution in [0.15, 0.2) is 0 Å². The first-order chi connectivity index (χ1) is 13.2. The minimum absolute atomic E-state index is 0.0179. The van der Waals surface area contributed by atoms with Crippen molar-refractivity contribution in [3.05, 3.63) is 0 Å². The second kappa shape index (κ2) is 9.16. The van der Waals surface area contributed by atoms with E-state index in [2.05, 4.69) is 21.2 Å². The van der Waals surface area contributed by atoms with E-state index in [0.29, 0.717) is 12.8 Å². The number of hydroxylamine groups is 1. The number of hydrogen-bond acceptors (Lipinski definition) is 5. The van der Waals surface area contributed by atoms with E-state index in [1.807, 2.05) is 0 Å². The molecule has 5 unspecified atom stereocenters. The van der Waals surface area contributed by atoms with Gasteiger partial charge in [0, 0.05) is 38.0 Å². The van der Waals surface area contributed by atoms with Gasteiger partial charge < -0.3 is 5.32 Å². The van der Waals surface area contributed by atoms with Crippen molar-refractivity contribution in [1.82, 2.24) is 21.2 Å². The Labute approximate surface area is 161 Å². The first-order valence-electron chi connectivity index (χ1n) is 11.0. The number of hydrazine groups is 1. The highest BCUT2D eigenvalue weighted by atomic mass is 19.1. The third-order valence-electron chi connectivity index (χ3n) is 6.92. The van der Waals surface area contributed by atoms with E-state index in [1.165, 1.54) is 32.1 Å². The van der Waals surface area contributed by atoms with Gasteiger partial charge in [0.25, 0.3) is 5.91 Å². The number of amides is 1. The van der Waals surface area contributed by atoms with Gasteiger partial charge in [-0.1, -0.05) is 32.1 Å². The maximum atomic E-state index is 14.2. The number of halogens is 1. The highest BCUT2D eigenvalue weighted by Crippen LogP contribution is 2.33. The van der Waals surface area contributed by atoms with Crippen LogP contribution in [0.2, 0.25) is 0 Å². The Bertz CT molecular complexity index is 502. The summed E-state index contributed by atoms with van der Waals surface area (Å²) in [6, 6.07) is 0.0768. The third-order valence-corrected chi connectivity index (χ3v) is 6.92. The van der Waals surface area contributed by atoms with Gasteiger partial charge in [0.2, 0.25) is 0 Å². The van der Waals surface area contributed by atoms with E-state index >= 15 is 0 Å². The van der Waals surface area contributed by atoms with E-state index in [0.717, 1.165) is 44.8 Å². The Balaban J connectivity index is 1.19. The van der Waals surface area contributed by atoms with Crippen LogP contribution in [0.4, 0.5) is 4.39 Å². The number of nitrogens with zero attached hydrogens (tertiary/aromatic N) is 1. The van der Waals surface area contributed by atoms with E-state index in [9.17, 15) is 9.18 Å². The van der Waals surface area contributed by atoms with Crippen molar-refractivity contribution in [2.45, 2.75) is 88.6 Å². The molecular weight excluding hydrogens is 347 g/mol. The zero-order valence-electron chi connectivity index (χ0n) is 16.3. The van der Waals surface area contributed by atoms with Gasteiger partial charge in [-0.05, 0) is 31.6 Å². The van der Waals surface area contributed by atoms with Crippen LogP contribution in [0.5, 0.6) is 0 Å². The molecule has 4 fully saturated rings. The fraction of sp³-hybridized carbons (Fsp3) is 0.950. The van der Waals surface area contributed by atoms with Crippen molar-refractivity contribution < 1.29 is 14.0 Å². The molecule has 4 aliphatic rings. The van der Waals surface area contributed by atoms with Crippen LogP contribution in [0.25, 0.3) is 0 Å². The third kappa shape index (κ3) is 5.00. The molecule has 2 saturated carbocycles. The molecule has 154 valence electrons. The number of rotatable bonds is 5. The van der Waals surface area contributed by atoms with E-state index < -0.39 is 12.3 Å². The largest absolute Gasteiger partial charge is 0.348 e. The van der Waals surface area contributed by atoms with Gasteiger partial charge in [0.05, 0.1) is 6.04 Å². The highest BCUT2D eigenvalue weighted by molar-refractivity contribution is 5.81. The van der Waals surface area contributed by atoms with Gasteiger partial charge in [-0.3, -0.25) is 15.1 Å². The Morgan fingerprint density at radius 1 is 1.11 bits per heavy atom. The van der Waals surface area contributed by atoms with Crippen LogP contribution >= 0.6 is 0 Å². The second-order valence-corrected chi connectivity index (χ2v) is 9.01. The zero-order valence-corrected chi connectivity index (χ0v) is 16.3. The molecule has 0 bridgehead atoms. The number of carbonyl (C=O) groups is 1. The van der Waals surface area contributed by atoms with Gasteiger partial charge in [-0.2, -0.15) is 5.48 Å². The molecule has 27 heavy (non-hydrogen) atoms. The second-order valence-electron chi connectivity index (χ2n) is 9.01. The number of hydrogen-bond donors (Lipinski definition) is 3. The summed E-state index contributed by atoms with van der Waals surface area (Å²) in [7, 11) is 0. The van der Waals surface area contributed by atoms with Crippen molar-refractivity contribution in [2.75, 3.05) is 19.6 Å². The molecule has 0 radical (unpaired) electrons. The molecule has 0 aromatic carbocycles. The predicted octanol–water partition coefficient (Wildman–Crippen LogP) is 2.06. The first-order valence-corrected chi connectivity index (χ1v) is 11.0. The lowest BCUT2D eigenvalue weighted by molar-refractivity contribution is -0.133. The molecule has 6 nitrogen and oxygen atoms in total. The van der Waals surface area contributed by atoms with Crippen LogP contribution in [-0.4, -0.2) is 54.9 Å². The molecule has 5 atom stereocenters. The normalized spacial score (nSPS) is 38.9. The Kier molecular flexibility index (Phi) is 6.63. The van der Waals surface area contributed by atoms with Crippen LogP contribution in [0, 0.1) is 11.8 Å². The summed E-state index contributed by atoms with van der Waals surface area (Å²) in [6.45, 7) is 2.70. The van der Waals surface area contributed by atoms with Crippen molar-refractivity contribution >= 4 is 5.91 Å². The molecule has 0 aromatic rings. The lowest BCUT2D eigenvalue weighted by Crippen LogP contribution is -2.44. The van der Waals surface area contributed by atoms with Crippen molar-refractivity contribution in [3.8, 4) is 0 Å². The molecule has 2 aliphatic carbocycles. The first kappa shape index (κ1) is 19.6. The Morgan fingerprint density at radius 2 is 1.89 bits per heavy atom. The smallest absolute Gasteiger partial charge is 0.251 e.